The Bertz CT molecular complexity index is 809. The van der Waals surface area contributed by atoms with Gasteiger partial charge in [-0.05, 0) is 36.6 Å². The number of aromatic carboxylic acids is 1. The van der Waals surface area contributed by atoms with Crippen molar-refractivity contribution in [2.75, 3.05) is 0 Å². The molecule has 0 radical (unpaired) electrons. The van der Waals surface area contributed by atoms with Crippen molar-refractivity contribution in [3.63, 3.8) is 0 Å². The fraction of sp³-hybridized carbons (Fsp3) is 0.167. The molecule has 0 bridgehead atoms. The lowest BCUT2D eigenvalue weighted by atomic mass is 10.1. The minimum absolute atomic E-state index is 0.288. The van der Waals surface area contributed by atoms with E-state index in [-0.39, 0.29) is 5.69 Å². The highest BCUT2D eigenvalue weighted by atomic mass is 35.5. The molecule has 0 fully saturated rings. The highest BCUT2D eigenvalue weighted by Crippen LogP contribution is 2.27. The van der Waals surface area contributed by atoms with Gasteiger partial charge in [-0.25, -0.2) is 4.79 Å². The second-order valence-electron chi connectivity index (χ2n) is 5.25. The Kier molecular flexibility index (Phi) is 4.16. The molecule has 2 aromatic carbocycles. The molecule has 4 heteroatoms. The van der Waals surface area contributed by atoms with Gasteiger partial charge < -0.3 is 9.67 Å². The summed E-state index contributed by atoms with van der Waals surface area (Å²) in [6.45, 7) is 0.653. The number of benzene rings is 2. The third-order valence-electron chi connectivity index (χ3n) is 3.80. The van der Waals surface area contributed by atoms with Gasteiger partial charge in [0, 0.05) is 17.0 Å². The smallest absolute Gasteiger partial charge is 0.352 e. The van der Waals surface area contributed by atoms with Crippen LogP contribution in [0.1, 0.15) is 22.5 Å². The van der Waals surface area contributed by atoms with Gasteiger partial charge in [-0.3, -0.25) is 0 Å². The normalized spacial score (nSPS) is 11.0. The first-order valence-corrected chi connectivity index (χ1v) is 7.59. The van der Waals surface area contributed by atoms with E-state index in [9.17, 15) is 9.90 Å². The number of hydrogen-bond acceptors (Lipinski definition) is 1. The lowest BCUT2D eigenvalue weighted by Gasteiger charge is -2.08. The number of fused-ring (bicyclic) bond motifs is 1. The van der Waals surface area contributed by atoms with E-state index in [1.807, 2.05) is 34.9 Å². The monoisotopic (exact) mass is 313 g/mol. The van der Waals surface area contributed by atoms with Crippen LogP contribution in [-0.4, -0.2) is 15.6 Å². The average molecular weight is 314 g/mol. The number of carbonyl (C=O) groups is 1. The van der Waals surface area contributed by atoms with Crippen molar-refractivity contribution in [2.24, 2.45) is 0 Å². The van der Waals surface area contributed by atoms with E-state index < -0.39 is 5.97 Å². The maximum atomic E-state index is 11.5. The van der Waals surface area contributed by atoms with Crippen LogP contribution < -0.4 is 0 Å². The standard InChI is InChI=1S/C18H16ClNO2/c19-15-9-4-10-16-14(15)12-17(18(21)22)20(16)11-5-8-13-6-2-1-3-7-13/h1-4,6-7,9-10,12H,5,8,11H2,(H,21,22). The van der Waals surface area contributed by atoms with Gasteiger partial charge in [0.15, 0.2) is 0 Å². The zero-order valence-corrected chi connectivity index (χ0v) is 12.8. The molecule has 0 atom stereocenters. The number of aromatic nitrogens is 1. The molecule has 3 nitrogen and oxygen atoms in total. The Morgan fingerprint density at radius 1 is 1.09 bits per heavy atom. The number of halogens is 1. The number of carboxylic acid groups (broad SMARTS) is 1. The number of hydrogen-bond donors (Lipinski definition) is 1. The number of rotatable bonds is 5. The first-order valence-electron chi connectivity index (χ1n) is 7.22. The molecule has 22 heavy (non-hydrogen) atoms. The molecule has 0 saturated heterocycles. The van der Waals surface area contributed by atoms with Crippen LogP contribution in [0, 0.1) is 0 Å². The molecule has 1 heterocycles. The lowest BCUT2D eigenvalue weighted by Crippen LogP contribution is -2.09. The van der Waals surface area contributed by atoms with Crippen molar-refractivity contribution >= 4 is 28.5 Å². The first kappa shape index (κ1) is 14.7. The van der Waals surface area contributed by atoms with Crippen LogP contribution in [0.3, 0.4) is 0 Å². The van der Waals surface area contributed by atoms with E-state index >= 15 is 0 Å². The summed E-state index contributed by atoms with van der Waals surface area (Å²) in [4.78, 5) is 11.5. The summed E-state index contributed by atoms with van der Waals surface area (Å²) in [5.41, 5.74) is 2.42. The molecule has 112 valence electrons. The van der Waals surface area contributed by atoms with Crippen molar-refractivity contribution in [1.29, 1.82) is 0 Å². The van der Waals surface area contributed by atoms with E-state index in [1.165, 1.54) is 5.56 Å². The Labute approximate surface area is 133 Å². The molecular weight excluding hydrogens is 298 g/mol. The van der Waals surface area contributed by atoms with Crippen LogP contribution in [0.5, 0.6) is 0 Å². The molecule has 0 aliphatic heterocycles. The van der Waals surface area contributed by atoms with Gasteiger partial charge in [-0.1, -0.05) is 48.0 Å². The van der Waals surface area contributed by atoms with Crippen LogP contribution in [-0.2, 0) is 13.0 Å². The van der Waals surface area contributed by atoms with Gasteiger partial charge in [-0.15, -0.1) is 0 Å². The summed E-state index contributed by atoms with van der Waals surface area (Å²) in [7, 11) is 0. The van der Waals surface area contributed by atoms with Crippen LogP contribution >= 0.6 is 11.6 Å². The van der Waals surface area contributed by atoms with Crippen molar-refractivity contribution < 1.29 is 9.90 Å². The van der Waals surface area contributed by atoms with Crippen LogP contribution in [0.2, 0.25) is 5.02 Å². The summed E-state index contributed by atoms with van der Waals surface area (Å²) >= 11 is 6.17. The van der Waals surface area contributed by atoms with Crippen molar-refractivity contribution in [1.82, 2.24) is 4.57 Å². The summed E-state index contributed by atoms with van der Waals surface area (Å²) < 4.78 is 1.84. The van der Waals surface area contributed by atoms with Gasteiger partial charge in [0.25, 0.3) is 0 Å². The average Bonchev–Trinajstić information content (AvgIpc) is 2.89. The number of aryl methyl sites for hydroxylation is 2. The highest BCUT2D eigenvalue weighted by Gasteiger charge is 2.15. The number of nitrogens with zero attached hydrogens (tertiary/aromatic N) is 1. The van der Waals surface area contributed by atoms with Gasteiger partial charge in [0.1, 0.15) is 5.69 Å². The van der Waals surface area contributed by atoms with E-state index in [2.05, 4.69) is 12.1 Å². The fourth-order valence-corrected chi connectivity index (χ4v) is 2.98. The van der Waals surface area contributed by atoms with Gasteiger partial charge in [0.05, 0.1) is 5.52 Å². The molecule has 0 unspecified atom stereocenters. The third-order valence-corrected chi connectivity index (χ3v) is 4.13. The summed E-state index contributed by atoms with van der Waals surface area (Å²) in [6, 6.07) is 17.4. The molecule has 0 saturated carbocycles. The second kappa shape index (κ2) is 6.24. The third kappa shape index (κ3) is 2.85. The molecule has 0 amide bonds. The Balaban J connectivity index is 1.87. The molecular formula is C18H16ClNO2. The zero-order chi connectivity index (χ0) is 15.5. The predicted octanol–water partition coefficient (Wildman–Crippen LogP) is 4.63. The molecule has 0 spiro atoms. The van der Waals surface area contributed by atoms with E-state index in [0.717, 1.165) is 23.7 Å². The Morgan fingerprint density at radius 2 is 1.86 bits per heavy atom. The minimum atomic E-state index is -0.924. The van der Waals surface area contributed by atoms with E-state index in [1.54, 1.807) is 12.1 Å². The summed E-state index contributed by atoms with van der Waals surface area (Å²) in [6.07, 6.45) is 1.79. The van der Waals surface area contributed by atoms with Gasteiger partial charge in [0.2, 0.25) is 0 Å². The topological polar surface area (TPSA) is 42.2 Å². The molecule has 0 aliphatic rings. The van der Waals surface area contributed by atoms with Crippen molar-refractivity contribution in [3.8, 4) is 0 Å². The van der Waals surface area contributed by atoms with Gasteiger partial charge >= 0.3 is 5.97 Å². The minimum Gasteiger partial charge on any atom is -0.477 e. The summed E-state index contributed by atoms with van der Waals surface area (Å²) in [5, 5.41) is 10.8. The maximum absolute atomic E-state index is 11.5. The molecule has 0 aliphatic carbocycles. The number of carboxylic acids is 1. The Hall–Kier alpha value is -2.26. The van der Waals surface area contributed by atoms with E-state index in [4.69, 9.17) is 11.6 Å². The predicted molar refractivity (Wildman–Crippen MR) is 88.7 cm³/mol. The summed E-state index contributed by atoms with van der Waals surface area (Å²) in [5.74, 6) is -0.924. The zero-order valence-electron chi connectivity index (χ0n) is 12.0. The molecule has 1 N–H and O–H groups in total. The highest BCUT2D eigenvalue weighted by molar-refractivity contribution is 6.35. The molecule has 1 aromatic heterocycles. The largest absolute Gasteiger partial charge is 0.477 e. The van der Waals surface area contributed by atoms with Crippen LogP contribution in [0.15, 0.2) is 54.6 Å². The first-order chi connectivity index (χ1) is 10.7. The van der Waals surface area contributed by atoms with Crippen molar-refractivity contribution in [3.05, 3.63) is 70.9 Å². The molecule has 3 aromatic rings. The molecule has 3 rings (SSSR count). The SMILES string of the molecule is O=C(O)c1cc2c(Cl)cccc2n1CCCc1ccccc1. The van der Waals surface area contributed by atoms with Gasteiger partial charge in [-0.2, -0.15) is 0 Å². The second-order valence-corrected chi connectivity index (χ2v) is 5.66. The fourth-order valence-electron chi connectivity index (χ4n) is 2.75. The van der Waals surface area contributed by atoms with Crippen LogP contribution in [0.25, 0.3) is 10.9 Å². The quantitative estimate of drug-likeness (QED) is 0.746. The maximum Gasteiger partial charge on any atom is 0.352 e. The lowest BCUT2D eigenvalue weighted by molar-refractivity contribution is 0.0685. The van der Waals surface area contributed by atoms with Crippen LogP contribution in [0.4, 0.5) is 0 Å². The Morgan fingerprint density at radius 3 is 2.59 bits per heavy atom. The van der Waals surface area contributed by atoms with E-state index in [0.29, 0.717) is 11.6 Å². The van der Waals surface area contributed by atoms with Crippen molar-refractivity contribution in [2.45, 2.75) is 19.4 Å².